The Kier molecular flexibility index (Phi) is 4.62. The highest BCUT2D eigenvalue weighted by Crippen LogP contribution is 2.29. The number of amides is 2. The van der Waals surface area contributed by atoms with Crippen LogP contribution in [0.15, 0.2) is 0 Å². The van der Waals surface area contributed by atoms with Gasteiger partial charge in [-0.3, -0.25) is 14.4 Å². The van der Waals surface area contributed by atoms with Crippen molar-refractivity contribution in [2.75, 3.05) is 0 Å². The monoisotopic (exact) mass is 282 g/mol. The van der Waals surface area contributed by atoms with Crippen LogP contribution in [0.5, 0.6) is 0 Å². The zero-order valence-electron chi connectivity index (χ0n) is 11.7. The van der Waals surface area contributed by atoms with Crippen LogP contribution in [0.1, 0.15) is 45.4 Å². The summed E-state index contributed by atoms with van der Waals surface area (Å²) >= 11 is 0. The number of nitrogens with one attached hydrogen (secondary N) is 2. The fourth-order valence-electron chi connectivity index (χ4n) is 2.60. The van der Waals surface area contributed by atoms with E-state index >= 15 is 0 Å². The van der Waals surface area contributed by atoms with Crippen LogP contribution in [0, 0.1) is 11.8 Å². The maximum atomic E-state index is 12.1. The second kappa shape index (κ2) is 6.24. The minimum absolute atomic E-state index is 0.161. The van der Waals surface area contributed by atoms with Gasteiger partial charge in [0.15, 0.2) is 0 Å². The molecule has 6 heteroatoms. The van der Waals surface area contributed by atoms with E-state index in [4.69, 9.17) is 5.11 Å². The van der Waals surface area contributed by atoms with E-state index in [1.165, 1.54) is 0 Å². The van der Waals surface area contributed by atoms with E-state index < -0.39 is 17.9 Å². The number of carbonyl (C=O) groups is 3. The first kappa shape index (κ1) is 14.8. The van der Waals surface area contributed by atoms with Crippen molar-refractivity contribution in [2.45, 2.75) is 57.5 Å². The molecule has 0 aliphatic heterocycles. The second-order valence-electron chi connectivity index (χ2n) is 5.91. The molecule has 0 saturated heterocycles. The molecule has 3 atom stereocenters. The van der Waals surface area contributed by atoms with Crippen LogP contribution < -0.4 is 10.6 Å². The van der Waals surface area contributed by atoms with Gasteiger partial charge in [0.1, 0.15) is 6.04 Å². The molecule has 6 nitrogen and oxygen atoms in total. The van der Waals surface area contributed by atoms with Crippen molar-refractivity contribution < 1.29 is 19.5 Å². The van der Waals surface area contributed by atoms with Gasteiger partial charge < -0.3 is 15.7 Å². The number of carbonyl (C=O) groups excluding carboxylic acids is 2. The van der Waals surface area contributed by atoms with Crippen molar-refractivity contribution in [1.29, 1.82) is 0 Å². The molecule has 0 heterocycles. The summed E-state index contributed by atoms with van der Waals surface area (Å²) in [5.74, 6) is -1.92. The predicted octanol–water partition coefficient (Wildman–Crippen LogP) is 0.661. The fourth-order valence-corrected chi connectivity index (χ4v) is 2.60. The summed E-state index contributed by atoms with van der Waals surface area (Å²) in [4.78, 5) is 34.8. The van der Waals surface area contributed by atoms with E-state index in [9.17, 15) is 14.4 Å². The van der Waals surface area contributed by atoms with E-state index in [0.717, 1.165) is 19.3 Å². The zero-order valence-corrected chi connectivity index (χ0v) is 11.7. The largest absolute Gasteiger partial charge is 0.481 e. The predicted molar refractivity (Wildman–Crippen MR) is 71.9 cm³/mol. The van der Waals surface area contributed by atoms with Crippen LogP contribution in [0.3, 0.4) is 0 Å². The molecule has 2 rings (SSSR count). The normalized spacial score (nSPS) is 27.4. The summed E-state index contributed by atoms with van der Waals surface area (Å²) in [6.45, 7) is 1.66. The lowest BCUT2D eigenvalue weighted by atomic mass is 9.81. The van der Waals surface area contributed by atoms with E-state index in [2.05, 4.69) is 10.6 Å². The SMILES string of the molecule is CC(NC(=O)C1CCCC(C(=O)O)C1)C(=O)NC1CC1. The molecule has 0 aromatic carbocycles. The minimum Gasteiger partial charge on any atom is -0.481 e. The van der Waals surface area contributed by atoms with Gasteiger partial charge in [-0.15, -0.1) is 0 Å². The average Bonchev–Trinajstić information content (AvgIpc) is 3.22. The van der Waals surface area contributed by atoms with Crippen molar-refractivity contribution in [2.24, 2.45) is 11.8 Å². The molecular formula is C14H22N2O4. The standard InChI is InChI=1S/C14H22N2O4/c1-8(12(17)16-11-5-6-11)15-13(18)9-3-2-4-10(7-9)14(19)20/h8-11H,2-7H2,1H3,(H,15,18)(H,16,17)(H,19,20). The Morgan fingerprint density at radius 3 is 2.35 bits per heavy atom. The van der Waals surface area contributed by atoms with Gasteiger partial charge in [-0.25, -0.2) is 0 Å². The first-order chi connectivity index (χ1) is 9.47. The van der Waals surface area contributed by atoms with Crippen molar-refractivity contribution in [3.63, 3.8) is 0 Å². The fraction of sp³-hybridized carbons (Fsp3) is 0.786. The molecule has 2 amide bonds. The molecular weight excluding hydrogens is 260 g/mol. The lowest BCUT2D eigenvalue weighted by molar-refractivity contribution is -0.144. The highest BCUT2D eigenvalue weighted by atomic mass is 16.4. The van der Waals surface area contributed by atoms with E-state index in [-0.39, 0.29) is 23.8 Å². The molecule has 0 radical (unpaired) electrons. The van der Waals surface area contributed by atoms with Gasteiger partial charge in [0.05, 0.1) is 5.92 Å². The Hall–Kier alpha value is -1.59. The summed E-state index contributed by atoms with van der Waals surface area (Å²) in [5, 5.41) is 14.6. The second-order valence-corrected chi connectivity index (χ2v) is 5.91. The third-order valence-corrected chi connectivity index (χ3v) is 4.07. The van der Waals surface area contributed by atoms with Gasteiger partial charge in [0.2, 0.25) is 11.8 Å². The number of hydrogen-bond donors (Lipinski definition) is 3. The van der Waals surface area contributed by atoms with Crippen LogP contribution >= 0.6 is 0 Å². The molecule has 0 aromatic heterocycles. The molecule has 2 aliphatic carbocycles. The third-order valence-electron chi connectivity index (χ3n) is 4.07. The van der Waals surface area contributed by atoms with Gasteiger partial charge in [0, 0.05) is 12.0 Å². The molecule has 3 N–H and O–H groups in total. The van der Waals surface area contributed by atoms with Crippen LogP contribution in [-0.4, -0.2) is 35.0 Å². The highest BCUT2D eigenvalue weighted by molar-refractivity contribution is 5.88. The molecule has 20 heavy (non-hydrogen) atoms. The Labute approximate surface area is 118 Å². The van der Waals surface area contributed by atoms with E-state index in [0.29, 0.717) is 19.3 Å². The first-order valence-corrected chi connectivity index (χ1v) is 7.31. The highest BCUT2D eigenvalue weighted by Gasteiger charge is 2.32. The number of rotatable bonds is 5. The van der Waals surface area contributed by atoms with Gasteiger partial charge in [-0.1, -0.05) is 6.42 Å². The van der Waals surface area contributed by atoms with Crippen LogP contribution in [0.25, 0.3) is 0 Å². The maximum Gasteiger partial charge on any atom is 0.306 e. The van der Waals surface area contributed by atoms with Gasteiger partial charge >= 0.3 is 5.97 Å². The van der Waals surface area contributed by atoms with Crippen molar-refractivity contribution in [3.05, 3.63) is 0 Å². The maximum absolute atomic E-state index is 12.1. The summed E-state index contributed by atoms with van der Waals surface area (Å²) in [5.41, 5.74) is 0. The summed E-state index contributed by atoms with van der Waals surface area (Å²) in [6.07, 6.45) is 4.48. The Morgan fingerprint density at radius 1 is 1.10 bits per heavy atom. The first-order valence-electron chi connectivity index (χ1n) is 7.31. The van der Waals surface area contributed by atoms with Gasteiger partial charge in [-0.05, 0) is 39.0 Å². The van der Waals surface area contributed by atoms with Crippen LogP contribution in [0.4, 0.5) is 0 Å². The molecule has 112 valence electrons. The average molecular weight is 282 g/mol. The molecule has 2 saturated carbocycles. The molecule has 0 aromatic rings. The molecule has 0 bridgehead atoms. The topological polar surface area (TPSA) is 95.5 Å². The van der Waals surface area contributed by atoms with E-state index in [1.54, 1.807) is 6.92 Å². The number of aliphatic carboxylic acids is 1. The molecule has 2 aliphatic rings. The minimum atomic E-state index is -0.831. The molecule has 3 unspecified atom stereocenters. The van der Waals surface area contributed by atoms with Gasteiger partial charge in [-0.2, -0.15) is 0 Å². The quantitative estimate of drug-likeness (QED) is 0.690. The Balaban J connectivity index is 1.80. The number of carboxylic acid groups (broad SMARTS) is 1. The smallest absolute Gasteiger partial charge is 0.306 e. The Morgan fingerprint density at radius 2 is 1.75 bits per heavy atom. The Bertz CT molecular complexity index is 406. The lowest BCUT2D eigenvalue weighted by Crippen LogP contribution is -2.48. The van der Waals surface area contributed by atoms with Crippen molar-refractivity contribution in [3.8, 4) is 0 Å². The molecule has 0 spiro atoms. The summed E-state index contributed by atoms with van der Waals surface area (Å²) in [7, 11) is 0. The van der Waals surface area contributed by atoms with Gasteiger partial charge in [0.25, 0.3) is 0 Å². The van der Waals surface area contributed by atoms with Crippen LogP contribution in [-0.2, 0) is 14.4 Å². The van der Waals surface area contributed by atoms with Crippen LogP contribution in [0.2, 0.25) is 0 Å². The zero-order chi connectivity index (χ0) is 14.7. The number of hydrogen-bond acceptors (Lipinski definition) is 3. The van der Waals surface area contributed by atoms with Crippen molar-refractivity contribution >= 4 is 17.8 Å². The molecule has 2 fully saturated rings. The lowest BCUT2D eigenvalue weighted by Gasteiger charge is -2.26. The summed E-state index contributed by atoms with van der Waals surface area (Å²) < 4.78 is 0. The van der Waals surface area contributed by atoms with E-state index in [1.807, 2.05) is 0 Å². The third kappa shape index (κ3) is 3.95. The summed E-state index contributed by atoms with van der Waals surface area (Å²) in [6, 6.07) is -0.291. The van der Waals surface area contributed by atoms with Crippen molar-refractivity contribution in [1.82, 2.24) is 10.6 Å². The number of carboxylic acids is 1.